The van der Waals surface area contributed by atoms with E-state index in [1.54, 1.807) is 37.4 Å². The normalized spacial score (nSPS) is 11.4. The van der Waals surface area contributed by atoms with Crippen LogP contribution in [-0.2, 0) is 11.2 Å². The van der Waals surface area contributed by atoms with E-state index >= 15 is 0 Å². The second kappa shape index (κ2) is 7.82. The number of hydrogen-bond donors (Lipinski definition) is 3. The van der Waals surface area contributed by atoms with E-state index in [4.69, 9.17) is 5.73 Å². The maximum Gasteiger partial charge on any atom is 0.405 e. The van der Waals surface area contributed by atoms with Crippen LogP contribution < -0.4 is 21.9 Å². The van der Waals surface area contributed by atoms with Gasteiger partial charge in [0.15, 0.2) is 5.65 Å². The van der Waals surface area contributed by atoms with E-state index in [0.717, 1.165) is 0 Å². The monoisotopic (exact) mass is 405 g/mol. The zero-order valence-corrected chi connectivity index (χ0v) is 15.4. The van der Waals surface area contributed by atoms with E-state index in [1.165, 1.54) is 16.7 Å². The highest BCUT2D eigenvalue weighted by Crippen LogP contribution is 2.28. The zero-order chi connectivity index (χ0) is 21.2. The number of pyridine rings is 2. The summed E-state index contributed by atoms with van der Waals surface area (Å²) in [6.07, 6.45) is -4.72. The van der Waals surface area contributed by atoms with Crippen LogP contribution in [0.15, 0.2) is 47.3 Å². The molecule has 7 nitrogen and oxygen atoms in total. The summed E-state index contributed by atoms with van der Waals surface area (Å²) >= 11 is 0. The summed E-state index contributed by atoms with van der Waals surface area (Å²) < 4.78 is 38.9. The third-order valence-corrected chi connectivity index (χ3v) is 4.20. The lowest BCUT2D eigenvalue weighted by Gasteiger charge is -2.18. The van der Waals surface area contributed by atoms with Gasteiger partial charge in [-0.15, -0.1) is 0 Å². The predicted octanol–water partition coefficient (Wildman–Crippen LogP) is 2.43. The summed E-state index contributed by atoms with van der Waals surface area (Å²) in [5.41, 5.74) is 5.87. The molecule has 3 rings (SSSR count). The molecule has 1 amide bonds. The molecule has 0 radical (unpaired) electrons. The standard InChI is InChI=1S/C19H18F3N5O2/c1-24-16-12-7-8-15(25-10-19(20,21)22)26-17(12)27(11-5-3-2-4-6-11)18(29)13(16)9-14(23)28/h2-8,24H,9-10H2,1H3,(H2,23,28)(H,25,26). The van der Waals surface area contributed by atoms with Crippen molar-refractivity contribution in [2.75, 3.05) is 24.2 Å². The second-order valence-electron chi connectivity index (χ2n) is 6.26. The van der Waals surface area contributed by atoms with Crippen molar-refractivity contribution in [1.29, 1.82) is 0 Å². The molecule has 0 atom stereocenters. The number of rotatable bonds is 6. The molecule has 10 heteroatoms. The Morgan fingerprint density at radius 2 is 1.86 bits per heavy atom. The third kappa shape index (κ3) is 4.31. The highest BCUT2D eigenvalue weighted by atomic mass is 19.4. The van der Waals surface area contributed by atoms with Crippen LogP contribution in [0, 0.1) is 0 Å². The first kappa shape index (κ1) is 20.2. The van der Waals surface area contributed by atoms with Gasteiger partial charge in [-0.2, -0.15) is 13.2 Å². The van der Waals surface area contributed by atoms with Gasteiger partial charge in [0.25, 0.3) is 5.56 Å². The number of aromatic nitrogens is 2. The zero-order valence-electron chi connectivity index (χ0n) is 15.4. The topological polar surface area (TPSA) is 102 Å². The number of fused-ring (bicyclic) bond motifs is 1. The summed E-state index contributed by atoms with van der Waals surface area (Å²) in [6, 6.07) is 11.4. The van der Waals surface area contributed by atoms with E-state index in [1.807, 2.05) is 0 Å². The van der Waals surface area contributed by atoms with E-state index in [-0.39, 0.29) is 23.4 Å². The number of benzene rings is 1. The summed E-state index contributed by atoms with van der Waals surface area (Å²) in [5.74, 6) is -0.724. The van der Waals surface area contributed by atoms with Gasteiger partial charge in [0.2, 0.25) is 5.91 Å². The maximum atomic E-state index is 13.2. The molecule has 3 aromatic rings. The number of alkyl halides is 3. The first-order chi connectivity index (χ1) is 13.7. The molecule has 4 N–H and O–H groups in total. The van der Waals surface area contributed by atoms with Crippen LogP contribution in [0.1, 0.15) is 5.56 Å². The molecule has 0 saturated carbocycles. The lowest BCUT2D eigenvalue weighted by molar-refractivity contribution is -0.117. The van der Waals surface area contributed by atoms with E-state index in [2.05, 4.69) is 15.6 Å². The molecule has 0 spiro atoms. The van der Waals surface area contributed by atoms with Crippen LogP contribution in [0.3, 0.4) is 0 Å². The van der Waals surface area contributed by atoms with Gasteiger partial charge < -0.3 is 16.4 Å². The molecule has 2 aromatic heterocycles. The second-order valence-corrected chi connectivity index (χ2v) is 6.26. The van der Waals surface area contributed by atoms with Gasteiger partial charge in [0.05, 0.1) is 23.4 Å². The molecule has 0 aliphatic heterocycles. The van der Waals surface area contributed by atoms with Crippen LogP contribution in [0.2, 0.25) is 0 Å². The van der Waals surface area contributed by atoms with E-state index < -0.39 is 24.2 Å². The van der Waals surface area contributed by atoms with Gasteiger partial charge >= 0.3 is 6.18 Å². The van der Waals surface area contributed by atoms with Crippen molar-refractivity contribution < 1.29 is 18.0 Å². The van der Waals surface area contributed by atoms with Crippen LogP contribution in [0.5, 0.6) is 0 Å². The van der Waals surface area contributed by atoms with Gasteiger partial charge in [-0.1, -0.05) is 18.2 Å². The number of amides is 1. The fourth-order valence-corrected chi connectivity index (χ4v) is 3.04. The molecule has 0 saturated heterocycles. The molecule has 0 unspecified atom stereocenters. The van der Waals surface area contributed by atoms with Crippen molar-refractivity contribution in [2.24, 2.45) is 5.73 Å². The minimum Gasteiger partial charge on any atom is -0.387 e. The first-order valence-corrected chi connectivity index (χ1v) is 8.62. The van der Waals surface area contributed by atoms with Crippen LogP contribution >= 0.6 is 0 Å². The predicted molar refractivity (Wildman–Crippen MR) is 104 cm³/mol. The van der Waals surface area contributed by atoms with E-state index in [9.17, 15) is 22.8 Å². The average molecular weight is 405 g/mol. The van der Waals surface area contributed by atoms with Crippen molar-refractivity contribution in [3.8, 4) is 5.69 Å². The smallest absolute Gasteiger partial charge is 0.387 e. The number of anilines is 2. The van der Waals surface area contributed by atoms with Crippen molar-refractivity contribution in [3.05, 3.63) is 58.4 Å². The lowest BCUT2D eigenvalue weighted by atomic mass is 10.1. The number of hydrogen-bond acceptors (Lipinski definition) is 5. The number of carbonyl (C=O) groups excluding carboxylic acids is 1. The fourth-order valence-electron chi connectivity index (χ4n) is 3.04. The van der Waals surface area contributed by atoms with Crippen molar-refractivity contribution in [3.63, 3.8) is 0 Å². The molecule has 0 bridgehead atoms. The number of nitrogens with one attached hydrogen (secondary N) is 2. The quantitative estimate of drug-likeness (QED) is 0.585. The SMILES string of the molecule is CNc1c(CC(N)=O)c(=O)n(-c2ccccc2)c2nc(NCC(F)(F)F)ccc12. The van der Waals surface area contributed by atoms with Crippen molar-refractivity contribution in [1.82, 2.24) is 9.55 Å². The fraction of sp³-hybridized carbons (Fsp3) is 0.211. The summed E-state index contributed by atoms with van der Waals surface area (Å²) in [7, 11) is 1.57. The minimum atomic E-state index is -4.42. The average Bonchev–Trinajstić information content (AvgIpc) is 2.67. The minimum absolute atomic E-state index is 0.0383. The number of para-hydroxylation sites is 1. The van der Waals surface area contributed by atoms with Crippen LogP contribution in [-0.4, -0.2) is 35.2 Å². The van der Waals surface area contributed by atoms with Gasteiger partial charge in [0.1, 0.15) is 12.4 Å². The molecule has 1 aromatic carbocycles. The van der Waals surface area contributed by atoms with Crippen molar-refractivity contribution in [2.45, 2.75) is 12.6 Å². The highest BCUT2D eigenvalue weighted by Gasteiger charge is 2.27. The van der Waals surface area contributed by atoms with Crippen LogP contribution in [0.4, 0.5) is 24.7 Å². The number of halogens is 3. The summed E-state index contributed by atoms with van der Waals surface area (Å²) in [5, 5.41) is 5.55. The Morgan fingerprint density at radius 1 is 1.17 bits per heavy atom. The first-order valence-electron chi connectivity index (χ1n) is 8.62. The van der Waals surface area contributed by atoms with E-state index in [0.29, 0.717) is 16.8 Å². The summed E-state index contributed by atoms with van der Waals surface area (Å²) in [4.78, 5) is 29.0. The molecule has 2 heterocycles. The number of nitrogens with two attached hydrogens (primary N) is 1. The van der Waals surface area contributed by atoms with Crippen molar-refractivity contribution >= 4 is 28.4 Å². The Balaban J connectivity index is 2.31. The molecule has 0 fully saturated rings. The Bertz CT molecular complexity index is 1110. The summed E-state index contributed by atoms with van der Waals surface area (Å²) in [6.45, 7) is -1.26. The third-order valence-electron chi connectivity index (χ3n) is 4.20. The van der Waals surface area contributed by atoms with Crippen LogP contribution in [0.25, 0.3) is 16.7 Å². The largest absolute Gasteiger partial charge is 0.405 e. The molecule has 152 valence electrons. The maximum absolute atomic E-state index is 13.2. The Kier molecular flexibility index (Phi) is 5.44. The van der Waals surface area contributed by atoms with Gasteiger partial charge in [-0.25, -0.2) is 4.98 Å². The Hall–Kier alpha value is -3.56. The molecule has 0 aliphatic rings. The Morgan fingerprint density at radius 3 is 2.45 bits per heavy atom. The number of primary amides is 1. The lowest BCUT2D eigenvalue weighted by Crippen LogP contribution is -2.29. The molecule has 29 heavy (non-hydrogen) atoms. The van der Waals surface area contributed by atoms with Gasteiger partial charge in [-0.3, -0.25) is 14.2 Å². The Labute approximate surface area is 163 Å². The molecular formula is C19H18F3N5O2. The highest BCUT2D eigenvalue weighted by molar-refractivity contribution is 5.94. The molecular weight excluding hydrogens is 387 g/mol. The molecule has 0 aliphatic carbocycles. The number of carbonyl (C=O) groups is 1. The van der Waals surface area contributed by atoms with Gasteiger partial charge in [0, 0.05) is 12.4 Å². The van der Waals surface area contributed by atoms with Gasteiger partial charge in [-0.05, 0) is 24.3 Å². The number of nitrogens with zero attached hydrogens (tertiary/aromatic N) is 2.